The summed E-state index contributed by atoms with van der Waals surface area (Å²) in [4.78, 5) is 6.10. The van der Waals surface area contributed by atoms with Gasteiger partial charge in [0.15, 0.2) is 0 Å². The number of fused-ring (bicyclic) bond motifs is 1. The summed E-state index contributed by atoms with van der Waals surface area (Å²) in [7, 11) is 0. The average molecular weight is 225 g/mol. The molecule has 0 bridgehead atoms. The second-order valence-electron chi connectivity index (χ2n) is 4.18. The van der Waals surface area contributed by atoms with Crippen LogP contribution in [0.2, 0.25) is 0 Å². The molecule has 0 fully saturated rings. The van der Waals surface area contributed by atoms with Gasteiger partial charge in [-0.3, -0.25) is 0 Å². The number of thiazole rings is 1. The lowest BCUT2D eigenvalue weighted by molar-refractivity contribution is 0.856. The molecule has 2 heterocycles. The van der Waals surface area contributed by atoms with Crippen molar-refractivity contribution in [3.8, 4) is 0 Å². The Kier molecular flexibility index (Phi) is 2.62. The van der Waals surface area contributed by atoms with Gasteiger partial charge in [0.05, 0.1) is 10.5 Å². The van der Waals surface area contributed by atoms with E-state index in [-0.39, 0.29) is 0 Å². The average Bonchev–Trinajstić information content (AvgIpc) is 2.57. The topological polar surface area (TPSA) is 12.9 Å². The van der Waals surface area contributed by atoms with Crippen molar-refractivity contribution in [2.24, 2.45) is 0 Å². The van der Waals surface area contributed by atoms with Crippen LogP contribution in [0.15, 0.2) is 6.07 Å². The summed E-state index contributed by atoms with van der Waals surface area (Å²) in [6.07, 6.45) is 0. The van der Waals surface area contributed by atoms with Crippen molar-refractivity contribution in [1.29, 1.82) is 0 Å². The Balaban J connectivity index is 2.45. The molecule has 0 atom stereocenters. The second-order valence-corrected chi connectivity index (χ2v) is 6.56. The quantitative estimate of drug-likeness (QED) is 0.727. The van der Waals surface area contributed by atoms with Crippen molar-refractivity contribution < 1.29 is 0 Å². The van der Waals surface area contributed by atoms with Crippen molar-refractivity contribution in [3.63, 3.8) is 0 Å². The van der Waals surface area contributed by atoms with E-state index in [1.165, 1.54) is 19.4 Å². The molecule has 14 heavy (non-hydrogen) atoms. The first-order chi connectivity index (χ1) is 6.58. The summed E-state index contributed by atoms with van der Waals surface area (Å²) < 4.78 is 1.39. The summed E-state index contributed by atoms with van der Waals surface area (Å²) in [5, 5.41) is 1.27. The number of hydrogen-bond acceptors (Lipinski definition) is 3. The highest BCUT2D eigenvalue weighted by Gasteiger charge is 2.11. The van der Waals surface area contributed by atoms with Crippen LogP contribution in [0.4, 0.5) is 0 Å². The molecule has 2 aromatic heterocycles. The van der Waals surface area contributed by atoms with Gasteiger partial charge >= 0.3 is 0 Å². The third kappa shape index (κ3) is 1.71. The van der Waals surface area contributed by atoms with E-state index in [2.05, 4.69) is 38.7 Å². The van der Waals surface area contributed by atoms with Gasteiger partial charge in [-0.25, -0.2) is 4.98 Å². The normalized spacial score (nSPS) is 12.1. The van der Waals surface area contributed by atoms with Crippen molar-refractivity contribution >= 4 is 32.2 Å². The molecule has 1 nitrogen and oxygen atoms in total. The zero-order chi connectivity index (χ0) is 10.3. The Morgan fingerprint density at radius 2 is 1.79 bits per heavy atom. The maximum Gasteiger partial charge on any atom is 0.107 e. The summed E-state index contributed by atoms with van der Waals surface area (Å²) in [5.74, 6) is 1.19. The number of hydrogen-bond donors (Lipinski definition) is 0. The van der Waals surface area contributed by atoms with E-state index < -0.39 is 0 Å². The minimum absolute atomic E-state index is 0.557. The minimum atomic E-state index is 0.557. The molecule has 0 spiro atoms. The monoisotopic (exact) mass is 225 g/mol. The Hall–Kier alpha value is -0.410. The lowest BCUT2D eigenvalue weighted by atomic mass is 10.2. The molecule has 0 N–H and O–H groups in total. The summed E-state index contributed by atoms with van der Waals surface area (Å²) >= 11 is 3.75. The fourth-order valence-corrected chi connectivity index (χ4v) is 3.62. The molecule has 0 amide bonds. The molecule has 0 aliphatic rings. The van der Waals surface area contributed by atoms with Crippen molar-refractivity contribution in [3.05, 3.63) is 16.0 Å². The summed E-state index contributed by atoms with van der Waals surface area (Å²) in [5.41, 5.74) is 1.20. The van der Waals surface area contributed by atoms with Gasteiger partial charge in [-0.15, -0.1) is 22.7 Å². The maximum atomic E-state index is 4.64. The highest BCUT2D eigenvalue weighted by molar-refractivity contribution is 7.38. The van der Waals surface area contributed by atoms with E-state index in [1.807, 2.05) is 22.7 Å². The van der Waals surface area contributed by atoms with Gasteiger partial charge < -0.3 is 0 Å². The molecule has 3 heteroatoms. The van der Waals surface area contributed by atoms with Crippen molar-refractivity contribution in [2.75, 3.05) is 0 Å². The molecule has 0 aliphatic carbocycles. The minimum Gasteiger partial charge on any atom is -0.240 e. The predicted octanol–water partition coefficient (Wildman–Crippen LogP) is 4.60. The van der Waals surface area contributed by atoms with Gasteiger partial charge in [-0.2, -0.15) is 0 Å². The Labute approximate surface area is 92.8 Å². The van der Waals surface area contributed by atoms with Crippen LogP contribution in [-0.4, -0.2) is 4.98 Å². The fraction of sp³-hybridized carbons (Fsp3) is 0.545. The number of rotatable bonds is 2. The van der Waals surface area contributed by atoms with Gasteiger partial charge in [-0.1, -0.05) is 27.7 Å². The molecule has 0 unspecified atom stereocenters. The van der Waals surface area contributed by atoms with Crippen LogP contribution < -0.4 is 0 Å². The van der Waals surface area contributed by atoms with Crippen LogP contribution in [0.1, 0.15) is 49.4 Å². The van der Waals surface area contributed by atoms with E-state index in [0.717, 1.165) is 0 Å². The molecule has 0 saturated heterocycles. The molecule has 76 valence electrons. The molecule has 2 rings (SSSR count). The molecule has 0 aromatic carbocycles. The zero-order valence-electron chi connectivity index (χ0n) is 9.00. The third-order valence-corrected chi connectivity index (χ3v) is 5.08. The molecular weight excluding hydrogens is 210 g/mol. The molecular formula is C11H15NS2. The third-order valence-electron chi connectivity index (χ3n) is 2.19. The number of aromatic nitrogens is 1. The van der Waals surface area contributed by atoms with Crippen LogP contribution in [-0.2, 0) is 0 Å². The standard InChI is InChI=1S/C11H15NS2/c1-6(2)9-5-8-11(13-9)14-10(12-8)7(3)4/h5-7H,1-4H3. The molecule has 0 saturated carbocycles. The second kappa shape index (κ2) is 3.63. The van der Waals surface area contributed by atoms with Crippen LogP contribution >= 0.6 is 22.7 Å². The van der Waals surface area contributed by atoms with Crippen LogP contribution in [0, 0.1) is 0 Å². The van der Waals surface area contributed by atoms with Gasteiger partial charge in [-0.05, 0) is 12.0 Å². The molecule has 0 radical (unpaired) electrons. The fourth-order valence-electron chi connectivity index (χ4n) is 1.30. The molecule has 0 aliphatic heterocycles. The van der Waals surface area contributed by atoms with Crippen LogP contribution in [0.5, 0.6) is 0 Å². The Morgan fingerprint density at radius 1 is 1.07 bits per heavy atom. The Morgan fingerprint density at radius 3 is 2.29 bits per heavy atom. The van der Waals surface area contributed by atoms with Gasteiger partial charge in [0.2, 0.25) is 0 Å². The number of nitrogens with zero attached hydrogens (tertiary/aromatic N) is 1. The van der Waals surface area contributed by atoms with Crippen LogP contribution in [0.3, 0.4) is 0 Å². The summed E-state index contributed by atoms with van der Waals surface area (Å²) in [6.45, 7) is 8.87. The largest absolute Gasteiger partial charge is 0.240 e. The van der Waals surface area contributed by atoms with E-state index in [9.17, 15) is 0 Å². The van der Waals surface area contributed by atoms with Crippen molar-refractivity contribution in [2.45, 2.75) is 39.5 Å². The van der Waals surface area contributed by atoms with Gasteiger partial charge in [0, 0.05) is 10.8 Å². The van der Waals surface area contributed by atoms with E-state index >= 15 is 0 Å². The summed E-state index contributed by atoms with van der Waals surface area (Å²) in [6, 6.07) is 2.24. The first kappa shape index (κ1) is 10.1. The van der Waals surface area contributed by atoms with Gasteiger partial charge in [0.25, 0.3) is 0 Å². The van der Waals surface area contributed by atoms with Crippen molar-refractivity contribution in [1.82, 2.24) is 4.98 Å². The van der Waals surface area contributed by atoms with E-state index in [4.69, 9.17) is 0 Å². The highest BCUT2D eigenvalue weighted by Crippen LogP contribution is 2.36. The highest BCUT2D eigenvalue weighted by atomic mass is 32.2. The lowest BCUT2D eigenvalue weighted by Crippen LogP contribution is -1.83. The SMILES string of the molecule is CC(C)c1cc2nc(C(C)C)sc2s1. The Bertz CT molecular complexity index is 368. The predicted molar refractivity (Wildman–Crippen MR) is 65.7 cm³/mol. The zero-order valence-corrected chi connectivity index (χ0v) is 10.6. The lowest BCUT2D eigenvalue weighted by Gasteiger charge is -1.98. The first-order valence-corrected chi connectivity index (χ1v) is 6.61. The number of thiophene rings is 1. The van der Waals surface area contributed by atoms with Gasteiger partial charge in [0.1, 0.15) is 4.01 Å². The first-order valence-electron chi connectivity index (χ1n) is 4.98. The maximum absolute atomic E-state index is 4.64. The smallest absolute Gasteiger partial charge is 0.107 e. The van der Waals surface area contributed by atoms with Crippen LogP contribution in [0.25, 0.3) is 9.53 Å². The molecule has 2 aromatic rings. The van der Waals surface area contributed by atoms with E-state index in [0.29, 0.717) is 11.8 Å². The van der Waals surface area contributed by atoms with E-state index in [1.54, 1.807) is 0 Å².